The van der Waals surface area contributed by atoms with E-state index >= 15 is 0 Å². The third-order valence-electron chi connectivity index (χ3n) is 4.89. The molecule has 0 aliphatic carbocycles. The van der Waals surface area contributed by atoms with Crippen LogP contribution in [0.4, 0.5) is 5.82 Å². The molecule has 0 bridgehead atoms. The highest BCUT2D eigenvalue weighted by atomic mass is 35.5. The highest BCUT2D eigenvalue weighted by Crippen LogP contribution is 2.31. The summed E-state index contributed by atoms with van der Waals surface area (Å²) in [5.41, 5.74) is 2.87. The lowest BCUT2D eigenvalue weighted by molar-refractivity contribution is 0.0785. The summed E-state index contributed by atoms with van der Waals surface area (Å²) in [6.07, 6.45) is 0. The van der Waals surface area contributed by atoms with Crippen LogP contribution in [-0.2, 0) is 5.60 Å². The van der Waals surface area contributed by atoms with Gasteiger partial charge in [0.05, 0.1) is 22.0 Å². The summed E-state index contributed by atoms with van der Waals surface area (Å²) in [5, 5.41) is 27.3. The standard InChI is InChI=1S/C23H21ClN4O3/c1-13-10-21-25-20(26-22(30)14-4-7-16(8-5-14)23(2,3)31)12-18(28(21)27-13)15-6-9-19(29)17(24)11-15/h4-12,29,31H,1-3H3,(H,25,26,30). The fourth-order valence-electron chi connectivity index (χ4n) is 3.24. The number of fused-ring (bicyclic) bond motifs is 1. The Morgan fingerprint density at radius 1 is 1.10 bits per heavy atom. The maximum absolute atomic E-state index is 12.8. The lowest BCUT2D eigenvalue weighted by Gasteiger charge is -2.17. The first kappa shape index (κ1) is 20.8. The first-order valence-corrected chi connectivity index (χ1v) is 10.0. The maximum atomic E-state index is 12.8. The lowest BCUT2D eigenvalue weighted by atomic mass is 9.97. The zero-order valence-electron chi connectivity index (χ0n) is 17.2. The topological polar surface area (TPSA) is 99.8 Å². The molecule has 0 spiro atoms. The molecular formula is C23H21ClN4O3. The Bertz CT molecular complexity index is 1290. The number of carbonyl (C=O) groups excluding carboxylic acids is 1. The van der Waals surface area contributed by atoms with Gasteiger partial charge in [0.15, 0.2) is 5.65 Å². The van der Waals surface area contributed by atoms with Crippen LogP contribution in [0.2, 0.25) is 5.02 Å². The van der Waals surface area contributed by atoms with Gasteiger partial charge in [-0.15, -0.1) is 0 Å². The van der Waals surface area contributed by atoms with Gasteiger partial charge in [0.25, 0.3) is 5.91 Å². The molecule has 7 nitrogen and oxygen atoms in total. The fraction of sp³-hybridized carbons (Fsp3) is 0.174. The molecule has 0 fully saturated rings. The van der Waals surface area contributed by atoms with Gasteiger partial charge < -0.3 is 15.5 Å². The molecule has 0 aliphatic rings. The number of hydrogen-bond acceptors (Lipinski definition) is 5. The van der Waals surface area contributed by atoms with E-state index in [1.165, 1.54) is 6.07 Å². The van der Waals surface area contributed by atoms with Crippen molar-refractivity contribution < 1.29 is 15.0 Å². The first-order valence-electron chi connectivity index (χ1n) is 9.62. The Labute approximate surface area is 183 Å². The SMILES string of the molecule is Cc1cc2nc(NC(=O)c3ccc(C(C)(C)O)cc3)cc(-c3ccc(O)c(Cl)c3)n2n1. The van der Waals surface area contributed by atoms with Gasteiger partial charge >= 0.3 is 0 Å². The Balaban J connectivity index is 1.71. The van der Waals surface area contributed by atoms with E-state index in [-0.39, 0.29) is 16.7 Å². The van der Waals surface area contributed by atoms with Crippen LogP contribution in [0.5, 0.6) is 5.75 Å². The number of aliphatic hydroxyl groups is 1. The van der Waals surface area contributed by atoms with Gasteiger partial charge in [0.2, 0.25) is 0 Å². The predicted octanol–water partition coefficient (Wildman–Crippen LogP) is 4.54. The quantitative estimate of drug-likeness (QED) is 0.436. The Morgan fingerprint density at radius 2 is 1.81 bits per heavy atom. The van der Waals surface area contributed by atoms with E-state index in [1.807, 2.05) is 6.92 Å². The van der Waals surface area contributed by atoms with Gasteiger partial charge in [-0.2, -0.15) is 5.10 Å². The predicted molar refractivity (Wildman–Crippen MR) is 119 cm³/mol. The van der Waals surface area contributed by atoms with Gasteiger partial charge in [-0.1, -0.05) is 23.7 Å². The van der Waals surface area contributed by atoms with Crippen molar-refractivity contribution in [3.63, 3.8) is 0 Å². The van der Waals surface area contributed by atoms with Crippen molar-refractivity contribution in [2.45, 2.75) is 26.4 Å². The van der Waals surface area contributed by atoms with E-state index in [0.29, 0.717) is 33.8 Å². The molecule has 31 heavy (non-hydrogen) atoms. The number of halogens is 1. The zero-order chi connectivity index (χ0) is 22.3. The molecule has 3 N–H and O–H groups in total. The largest absolute Gasteiger partial charge is 0.506 e. The minimum Gasteiger partial charge on any atom is -0.506 e. The molecule has 158 valence electrons. The van der Waals surface area contributed by atoms with E-state index in [4.69, 9.17) is 11.6 Å². The summed E-state index contributed by atoms with van der Waals surface area (Å²) in [6, 6.07) is 15.1. The molecule has 0 atom stereocenters. The van der Waals surface area contributed by atoms with E-state index < -0.39 is 5.60 Å². The average molecular weight is 437 g/mol. The highest BCUT2D eigenvalue weighted by Gasteiger charge is 2.17. The molecule has 1 amide bonds. The molecule has 2 aromatic carbocycles. The monoisotopic (exact) mass is 436 g/mol. The van der Waals surface area contributed by atoms with Crippen molar-refractivity contribution in [3.05, 3.63) is 76.4 Å². The van der Waals surface area contributed by atoms with Crippen LogP contribution in [0.25, 0.3) is 16.9 Å². The number of phenols is 1. The third kappa shape index (κ3) is 4.23. The second-order valence-corrected chi connectivity index (χ2v) is 8.25. The Hall–Kier alpha value is -3.42. The molecule has 2 aromatic heterocycles. The van der Waals surface area contributed by atoms with E-state index in [2.05, 4.69) is 15.4 Å². The minimum absolute atomic E-state index is 0.0182. The first-order chi connectivity index (χ1) is 14.6. The maximum Gasteiger partial charge on any atom is 0.256 e. The summed E-state index contributed by atoms with van der Waals surface area (Å²) in [7, 11) is 0. The molecule has 0 aliphatic heterocycles. The number of benzene rings is 2. The van der Waals surface area contributed by atoms with Crippen LogP contribution < -0.4 is 5.32 Å². The van der Waals surface area contributed by atoms with Crippen molar-refractivity contribution >= 4 is 29.0 Å². The lowest BCUT2D eigenvalue weighted by Crippen LogP contribution is -2.17. The smallest absolute Gasteiger partial charge is 0.256 e. The minimum atomic E-state index is -0.984. The molecule has 4 rings (SSSR count). The Morgan fingerprint density at radius 3 is 2.45 bits per heavy atom. The summed E-state index contributed by atoms with van der Waals surface area (Å²) in [5.74, 6) is 0.00336. The number of rotatable bonds is 4. The molecular weight excluding hydrogens is 416 g/mol. The average Bonchev–Trinajstić information content (AvgIpc) is 3.09. The van der Waals surface area contributed by atoms with Gasteiger partial charge in [-0.3, -0.25) is 4.79 Å². The van der Waals surface area contributed by atoms with Crippen molar-refractivity contribution in [1.82, 2.24) is 14.6 Å². The number of nitrogens with zero attached hydrogens (tertiary/aromatic N) is 3. The summed E-state index contributed by atoms with van der Waals surface area (Å²) >= 11 is 6.09. The highest BCUT2D eigenvalue weighted by molar-refractivity contribution is 6.32. The normalized spacial score (nSPS) is 11.6. The van der Waals surface area contributed by atoms with Crippen LogP contribution in [0.1, 0.15) is 35.5 Å². The molecule has 2 heterocycles. The number of anilines is 1. The number of carbonyl (C=O) groups is 1. The molecule has 0 saturated heterocycles. The van der Waals surface area contributed by atoms with Crippen molar-refractivity contribution in [1.29, 1.82) is 0 Å². The third-order valence-corrected chi connectivity index (χ3v) is 5.19. The number of nitrogens with one attached hydrogen (secondary N) is 1. The molecule has 0 saturated carbocycles. The van der Waals surface area contributed by atoms with Crippen LogP contribution in [-0.4, -0.2) is 30.7 Å². The summed E-state index contributed by atoms with van der Waals surface area (Å²) in [6.45, 7) is 5.22. The van der Waals surface area contributed by atoms with Crippen molar-refractivity contribution in [2.24, 2.45) is 0 Å². The number of aromatic nitrogens is 3. The molecule has 0 unspecified atom stereocenters. The fourth-order valence-corrected chi connectivity index (χ4v) is 3.42. The van der Waals surface area contributed by atoms with Crippen LogP contribution in [0.15, 0.2) is 54.6 Å². The number of amides is 1. The second kappa shape index (κ2) is 7.68. The van der Waals surface area contributed by atoms with E-state index in [0.717, 1.165) is 5.69 Å². The van der Waals surface area contributed by atoms with Gasteiger partial charge in [0.1, 0.15) is 11.6 Å². The van der Waals surface area contributed by atoms with E-state index in [9.17, 15) is 15.0 Å². The molecule has 0 radical (unpaired) electrons. The van der Waals surface area contributed by atoms with Crippen molar-refractivity contribution in [2.75, 3.05) is 5.32 Å². The van der Waals surface area contributed by atoms with Crippen LogP contribution >= 0.6 is 11.6 Å². The van der Waals surface area contributed by atoms with Gasteiger partial charge in [0, 0.05) is 23.3 Å². The van der Waals surface area contributed by atoms with Gasteiger partial charge in [-0.25, -0.2) is 9.50 Å². The summed E-state index contributed by atoms with van der Waals surface area (Å²) < 4.78 is 1.66. The molecule has 8 heteroatoms. The van der Waals surface area contributed by atoms with Crippen LogP contribution in [0, 0.1) is 6.92 Å². The Kier molecular flexibility index (Phi) is 5.16. The number of phenolic OH excluding ortho intramolecular Hbond substituents is 1. The number of hydrogen-bond donors (Lipinski definition) is 3. The van der Waals surface area contributed by atoms with Crippen LogP contribution in [0.3, 0.4) is 0 Å². The number of aromatic hydroxyl groups is 1. The molecule has 4 aromatic rings. The van der Waals surface area contributed by atoms with Crippen molar-refractivity contribution in [3.8, 4) is 17.0 Å². The summed E-state index contributed by atoms with van der Waals surface area (Å²) in [4.78, 5) is 17.3. The number of aryl methyl sites for hydroxylation is 1. The van der Waals surface area contributed by atoms with E-state index in [1.54, 1.807) is 66.9 Å². The second-order valence-electron chi connectivity index (χ2n) is 7.84. The zero-order valence-corrected chi connectivity index (χ0v) is 18.0. The van der Waals surface area contributed by atoms with Gasteiger partial charge in [-0.05, 0) is 56.7 Å².